The monoisotopic (exact) mass is 427 g/mol. The summed E-state index contributed by atoms with van der Waals surface area (Å²) in [6.45, 7) is 4.17. The second kappa shape index (κ2) is 10.0. The van der Waals surface area contributed by atoms with Crippen molar-refractivity contribution in [1.29, 1.82) is 5.26 Å². The Morgan fingerprint density at radius 3 is 2.41 bits per heavy atom. The number of nitrogens with one attached hydrogen (secondary N) is 1. The number of amides is 1. The van der Waals surface area contributed by atoms with E-state index in [0.29, 0.717) is 23.5 Å². The predicted octanol–water partition coefficient (Wildman–Crippen LogP) is 5.34. The number of non-ortho nitro benzene ring substituents is 1. The number of nitro groups is 1. The largest absolute Gasteiger partial charge is 0.489 e. The number of carbonyl (C=O) groups excluding carboxylic acids is 1. The normalized spacial score (nSPS) is 10.8. The van der Waals surface area contributed by atoms with Gasteiger partial charge in [-0.15, -0.1) is 0 Å². The highest BCUT2D eigenvalue weighted by Gasteiger charge is 2.14. The summed E-state index contributed by atoms with van der Waals surface area (Å²) in [7, 11) is 0. The van der Waals surface area contributed by atoms with Crippen molar-refractivity contribution in [3.05, 3.63) is 105 Å². The number of benzene rings is 3. The van der Waals surface area contributed by atoms with Crippen LogP contribution in [0.3, 0.4) is 0 Å². The number of anilines is 1. The summed E-state index contributed by atoms with van der Waals surface area (Å²) in [5.74, 6) is 0.0219. The first kappa shape index (κ1) is 22.2. The topological polar surface area (TPSA) is 105 Å². The van der Waals surface area contributed by atoms with Crippen molar-refractivity contribution in [2.45, 2.75) is 20.5 Å². The highest BCUT2D eigenvalue weighted by Crippen LogP contribution is 2.23. The fraction of sp³-hybridized carbons (Fsp3) is 0.120. The average Bonchev–Trinajstić information content (AvgIpc) is 2.79. The summed E-state index contributed by atoms with van der Waals surface area (Å²) < 4.78 is 5.77. The smallest absolute Gasteiger partial charge is 0.271 e. The van der Waals surface area contributed by atoms with Gasteiger partial charge in [0.15, 0.2) is 0 Å². The lowest BCUT2D eigenvalue weighted by molar-refractivity contribution is -0.384. The lowest BCUT2D eigenvalue weighted by Crippen LogP contribution is -2.14. The second-order valence-electron chi connectivity index (χ2n) is 7.22. The third-order valence-corrected chi connectivity index (χ3v) is 4.76. The van der Waals surface area contributed by atoms with E-state index in [1.165, 1.54) is 23.8 Å². The number of carbonyl (C=O) groups is 1. The Morgan fingerprint density at radius 2 is 1.78 bits per heavy atom. The van der Waals surface area contributed by atoms with E-state index in [1.54, 1.807) is 37.3 Å². The molecule has 0 unspecified atom stereocenters. The maximum atomic E-state index is 12.5. The molecule has 0 fully saturated rings. The maximum Gasteiger partial charge on any atom is 0.271 e. The molecule has 0 bridgehead atoms. The van der Waals surface area contributed by atoms with Gasteiger partial charge in [-0.3, -0.25) is 14.9 Å². The van der Waals surface area contributed by atoms with Gasteiger partial charge in [-0.1, -0.05) is 48.0 Å². The van der Waals surface area contributed by atoms with Gasteiger partial charge in [0.25, 0.3) is 11.6 Å². The van der Waals surface area contributed by atoms with Crippen molar-refractivity contribution >= 4 is 23.4 Å². The lowest BCUT2D eigenvalue weighted by atomic mass is 10.1. The van der Waals surface area contributed by atoms with Gasteiger partial charge < -0.3 is 10.1 Å². The first-order valence-corrected chi connectivity index (χ1v) is 9.82. The Morgan fingerprint density at radius 1 is 1.09 bits per heavy atom. The number of nitro benzene ring substituents is 1. The SMILES string of the molecule is Cc1ccc(COc2ccc(/C=C(\C#N)C(=O)Nc3cc([N+](=O)[O-])ccc3C)cc2)cc1. The van der Waals surface area contributed by atoms with Crippen LogP contribution in [0.2, 0.25) is 0 Å². The molecule has 0 atom stereocenters. The van der Waals surface area contributed by atoms with E-state index in [-0.39, 0.29) is 16.9 Å². The molecule has 1 N–H and O–H groups in total. The van der Waals surface area contributed by atoms with Gasteiger partial charge >= 0.3 is 0 Å². The summed E-state index contributed by atoms with van der Waals surface area (Å²) in [6, 6.07) is 21.1. The molecule has 0 heterocycles. The molecular formula is C25H21N3O4. The van der Waals surface area contributed by atoms with Gasteiger partial charge in [-0.05, 0) is 48.7 Å². The molecule has 7 heteroatoms. The second-order valence-corrected chi connectivity index (χ2v) is 7.22. The van der Waals surface area contributed by atoms with Gasteiger partial charge in [0, 0.05) is 12.1 Å². The quantitative estimate of drug-likeness (QED) is 0.237. The molecular weight excluding hydrogens is 406 g/mol. The van der Waals surface area contributed by atoms with E-state index in [0.717, 1.165) is 5.56 Å². The number of nitrogens with zero attached hydrogens (tertiary/aromatic N) is 2. The Bertz CT molecular complexity index is 1210. The number of hydrogen-bond acceptors (Lipinski definition) is 5. The third-order valence-electron chi connectivity index (χ3n) is 4.76. The molecule has 7 nitrogen and oxygen atoms in total. The molecule has 0 aliphatic heterocycles. The van der Waals surface area contributed by atoms with Crippen molar-refractivity contribution in [2.24, 2.45) is 0 Å². The molecule has 160 valence electrons. The van der Waals surface area contributed by atoms with Crippen molar-refractivity contribution < 1.29 is 14.5 Å². The average molecular weight is 427 g/mol. The van der Waals surface area contributed by atoms with E-state index in [4.69, 9.17) is 4.74 Å². The minimum Gasteiger partial charge on any atom is -0.489 e. The summed E-state index contributed by atoms with van der Waals surface area (Å²) in [5.41, 5.74) is 3.55. The van der Waals surface area contributed by atoms with Crippen LogP contribution in [0.1, 0.15) is 22.3 Å². The molecule has 0 aromatic heterocycles. The molecule has 0 saturated carbocycles. The highest BCUT2D eigenvalue weighted by atomic mass is 16.6. The summed E-state index contributed by atoms with van der Waals surface area (Å²) in [6.07, 6.45) is 1.45. The van der Waals surface area contributed by atoms with Gasteiger partial charge in [0.05, 0.1) is 10.6 Å². The minimum absolute atomic E-state index is 0.121. The lowest BCUT2D eigenvalue weighted by Gasteiger charge is -2.08. The molecule has 3 rings (SSSR count). The van der Waals surface area contributed by atoms with Gasteiger partial charge in [0.2, 0.25) is 0 Å². The molecule has 32 heavy (non-hydrogen) atoms. The summed E-state index contributed by atoms with van der Waals surface area (Å²) >= 11 is 0. The zero-order valence-corrected chi connectivity index (χ0v) is 17.7. The first-order chi connectivity index (χ1) is 15.4. The van der Waals surface area contributed by atoms with E-state index in [1.807, 2.05) is 37.3 Å². The van der Waals surface area contributed by atoms with Crippen LogP contribution in [0, 0.1) is 35.3 Å². The standard InChI is InChI=1S/C25H21N3O4/c1-17-3-6-20(7-4-17)16-32-23-11-8-19(9-12-23)13-21(15-26)25(29)27-24-14-22(28(30)31)10-5-18(24)2/h3-14H,16H2,1-2H3,(H,27,29)/b21-13+. The zero-order valence-electron chi connectivity index (χ0n) is 17.7. The molecule has 0 spiro atoms. The molecule has 0 aliphatic carbocycles. The Labute approximate surface area is 185 Å². The summed E-state index contributed by atoms with van der Waals surface area (Å²) in [5, 5.41) is 23.0. The molecule has 0 radical (unpaired) electrons. The van der Waals surface area contributed by atoms with Gasteiger partial charge in [0.1, 0.15) is 24.0 Å². The van der Waals surface area contributed by atoms with Crippen molar-refractivity contribution in [3.63, 3.8) is 0 Å². The fourth-order valence-corrected chi connectivity index (χ4v) is 2.87. The molecule has 0 aliphatic rings. The Hall–Kier alpha value is -4.44. The van der Waals surface area contributed by atoms with Crippen LogP contribution in [0.25, 0.3) is 6.08 Å². The zero-order chi connectivity index (χ0) is 23.1. The summed E-state index contributed by atoms with van der Waals surface area (Å²) in [4.78, 5) is 23.0. The van der Waals surface area contributed by atoms with Crippen molar-refractivity contribution in [2.75, 3.05) is 5.32 Å². The number of nitriles is 1. The number of aryl methyl sites for hydroxylation is 2. The van der Waals surface area contributed by atoms with Crippen LogP contribution < -0.4 is 10.1 Å². The van der Waals surface area contributed by atoms with Crippen LogP contribution in [-0.4, -0.2) is 10.8 Å². The molecule has 3 aromatic rings. The molecule has 1 amide bonds. The Kier molecular flexibility index (Phi) is 6.99. The van der Waals surface area contributed by atoms with E-state index in [2.05, 4.69) is 5.32 Å². The Balaban J connectivity index is 1.68. The van der Waals surface area contributed by atoms with E-state index in [9.17, 15) is 20.2 Å². The van der Waals surface area contributed by atoms with Crippen LogP contribution in [0.15, 0.2) is 72.3 Å². The molecule has 3 aromatic carbocycles. The van der Waals surface area contributed by atoms with Crippen LogP contribution in [-0.2, 0) is 11.4 Å². The molecule has 0 saturated heterocycles. The van der Waals surface area contributed by atoms with Gasteiger partial charge in [-0.2, -0.15) is 5.26 Å². The van der Waals surface area contributed by atoms with Crippen LogP contribution in [0.4, 0.5) is 11.4 Å². The van der Waals surface area contributed by atoms with E-state index < -0.39 is 10.8 Å². The van der Waals surface area contributed by atoms with E-state index >= 15 is 0 Å². The number of ether oxygens (including phenoxy) is 1. The first-order valence-electron chi connectivity index (χ1n) is 9.82. The number of rotatable bonds is 7. The van der Waals surface area contributed by atoms with Crippen molar-refractivity contribution in [3.8, 4) is 11.8 Å². The van der Waals surface area contributed by atoms with Gasteiger partial charge in [-0.25, -0.2) is 0 Å². The predicted molar refractivity (Wildman–Crippen MR) is 122 cm³/mol. The van der Waals surface area contributed by atoms with Crippen molar-refractivity contribution in [1.82, 2.24) is 0 Å². The van der Waals surface area contributed by atoms with Crippen LogP contribution in [0.5, 0.6) is 5.75 Å². The maximum absolute atomic E-state index is 12.5. The third kappa shape index (κ3) is 5.80. The highest BCUT2D eigenvalue weighted by molar-refractivity contribution is 6.10. The van der Waals surface area contributed by atoms with Crippen LogP contribution >= 0.6 is 0 Å². The fourth-order valence-electron chi connectivity index (χ4n) is 2.87. The number of hydrogen-bond donors (Lipinski definition) is 1. The minimum atomic E-state index is -0.643.